The third kappa shape index (κ3) is 3.20. The number of nitrogens with one attached hydrogen (secondary N) is 2. The number of hydrogen-bond donors (Lipinski definition) is 2. The van der Waals surface area contributed by atoms with Gasteiger partial charge in [-0.05, 0) is 63.8 Å². The summed E-state index contributed by atoms with van der Waals surface area (Å²) in [4.78, 5) is 14.9. The molecule has 3 fully saturated rings. The van der Waals surface area contributed by atoms with Crippen LogP contribution in [0.4, 0.5) is 10.5 Å². The van der Waals surface area contributed by atoms with Crippen LogP contribution >= 0.6 is 0 Å². The summed E-state index contributed by atoms with van der Waals surface area (Å²) in [6, 6.07) is 8.18. The number of anilines is 1. The number of carbonyl (C=O) groups excluding carboxylic acids is 1. The zero-order valence-electron chi connectivity index (χ0n) is 16.0. The second kappa shape index (κ2) is 6.82. The van der Waals surface area contributed by atoms with Crippen molar-refractivity contribution in [2.24, 2.45) is 0 Å². The summed E-state index contributed by atoms with van der Waals surface area (Å²) >= 11 is 0. The van der Waals surface area contributed by atoms with Crippen LogP contribution in [-0.4, -0.2) is 45.9 Å². The Labute approximate surface area is 160 Å². The van der Waals surface area contributed by atoms with Crippen LogP contribution in [0.15, 0.2) is 24.4 Å². The minimum Gasteiger partial charge on any atom is -0.335 e. The number of benzene rings is 1. The number of nitrogens with zero attached hydrogens (tertiary/aromatic N) is 3. The summed E-state index contributed by atoms with van der Waals surface area (Å²) in [6.07, 6.45) is 11.5. The van der Waals surface area contributed by atoms with Crippen molar-refractivity contribution in [2.45, 2.75) is 75.5 Å². The van der Waals surface area contributed by atoms with Gasteiger partial charge in [-0.2, -0.15) is 5.10 Å². The molecular formula is C21H29N5O. The molecule has 2 aliphatic heterocycles. The van der Waals surface area contributed by atoms with Gasteiger partial charge in [-0.15, -0.1) is 0 Å². The predicted molar refractivity (Wildman–Crippen MR) is 107 cm³/mol. The Kier molecular flexibility index (Phi) is 4.31. The summed E-state index contributed by atoms with van der Waals surface area (Å²) in [5.41, 5.74) is 1.97. The van der Waals surface area contributed by atoms with Gasteiger partial charge >= 0.3 is 6.03 Å². The lowest BCUT2D eigenvalue weighted by atomic mass is 9.98. The average molecular weight is 367 g/mol. The van der Waals surface area contributed by atoms with Crippen LogP contribution in [0, 0.1) is 0 Å². The Hall–Kier alpha value is -2.08. The smallest absolute Gasteiger partial charge is 0.319 e. The molecule has 6 nitrogen and oxygen atoms in total. The predicted octanol–water partition coefficient (Wildman–Crippen LogP) is 3.90. The van der Waals surface area contributed by atoms with Crippen LogP contribution in [0.3, 0.4) is 0 Å². The molecule has 2 amide bonds. The van der Waals surface area contributed by atoms with Crippen LogP contribution in [0.2, 0.25) is 0 Å². The van der Waals surface area contributed by atoms with Gasteiger partial charge in [0, 0.05) is 29.2 Å². The van der Waals surface area contributed by atoms with Crippen molar-refractivity contribution in [1.82, 2.24) is 20.0 Å². The van der Waals surface area contributed by atoms with E-state index >= 15 is 0 Å². The van der Waals surface area contributed by atoms with E-state index in [2.05, 4.69) is 39.4 Å². The number of piperidine rings is 1. The lowest BCUT2D eigenvalue weighted by molar-refractivity contribution is 0.133. The highest BCUT2D eigenvalue weighted by atomic mass is 16.2. The maximum Gasteiger partial charge on any atom is 0.319 e. The first-order chi connectivity index (χ1) is 13.2. The average Bonchev–Trinajstić information content (AvgIpc) is 3.34. The number of carbonyl (C=O) groups is 1. The first-order valence-corrected chi connectivity index (χ1v) is 10.4. The molecule has 1 aromatic carbocycles. The number of fused-ring (bicyclic) bond motifs is 3. The number of urea groups is 1. The molecule has 2 aromatic rings. The van der Waals surface area contributed by atoms with E-state index in [1.165, 1.54) is 38.5 Å². The van der Waals surface area contributed by atoms with Crippen molar-refractivity contribution in [3.63, 3.8) is 0 Å². The van der Waals surface area contributed by atoms with Crippen molar-refractivity contribution in [2.75, 3.05) is 12.4 Å². The molecule has 5 rings (SSSR count). The topological polar surface area (TPSA) is 62.2 Å². The lowest BCUT2D eigenvalue weighted by Gasteiger charge is -2.36. The molecule has 3 aliphatic rings. The van der Waals surface area contributed by atoms with E-state index in [4.69, 9.17) is 5.10 Å². The SMILES string of the molecule is CN1C2CCC1CC(n1ncc3ccc(NC(=O)NC4CCCC4)cc31)C2. The van der Waals surface area contributed by atoms with Crippen molar-refractivity contribution < 1.29 is 4.79 Å². The molecule has 1 saturated carbocycles. The third-order valence-corrected chi connectivity index (χ3v) is 6.97. The minimum absolute atomic E-state index is 0.0929. The van der Waals surface area contributed by atoms with Gasteiger partial charge in [0.2, 0.25) is 0 Å². The summed E-state index contributed by atoms with van der Waals surface area (Å²) in [5.74, 6) is 0. The first kappa shape index (κ1) is 17.0. The van der Waals surface area contributed by atoms with Gasteiger partial charge in [-0.1, -0.05) is 12.8 Å². The quantitative estimate of drug-likeness (QED) is 0.865. The zero-order chi connectivity index (χ0) is 18.4. The van der Waals surface area contributed by atoms with Gasteiger partial charge < -0.3 is 15.5 Å². The highest BCUT2D eigenvalue weighted by Crippen LogP contribution is 2.40. The molecule has 0 spiro atoms. The molecule has 27 heavy (non-hydrogen) atoms. The van der Waals surface area contributed by atoms with Gasteiger partial charge in [-0.25, -0.2) is 4.79 Å². The fourth-order valence-corrected chi connectivity index (χ4v) is 5.41. The molecule has 0 radical (unpaired) electrons. The highest BCUT2D eigenvalue weighted by Gasteiger charge is 2.39. The van der Waals surface area contributed by atoms with E-state index in [1.807, 2.05) is 12.3 Å². The second-order valence-corrected chi connectivity index (χ2v) is 8.62. The van der Waals surface area contributed by atoms with Crippen LogP contribution in [0.25, 0.3) is 10.9 Å². The van der Waals surface area contributed by atoms with Crippen LogP contribution in [0.1, 0.15) is 57.4 Å². The van der Waals surface area contributed by atoms with Crippen LogP contribution < -0.4 is 10.6 Å². The van der Waals surface area contributed by atoms with Crippen molar-refractivity contribution in [1.29, 1.82) is 0 Å². The molecule has 2 saturated heterocycles. The second-order valence-electron chi connectivity index (χ2n) is 8.62. The molecule has 2 atom stereocenters. The molecule has 2 unspecified atom stereocenters. The Morgan fingerprint density at radius 1 is 1.07 bits per heavy atom. The van der Waals surface area contributed by atoms with E-state index in [0.29, 0.717) is 24.2 Å². The summed E-state index contributed by atoms with van der Waals surface area (Å²) in [5, 5.41) is 12.0. The van der Waals surface area contributed by atoms with Gasteiger partial charge in [0.1, 0.15) is 0 Å². The molecule has 6 heteroatoms. The molecular weight excluding hydrogens is 338 g/mol. The van der Waals surface area contributed by atoms with Crippen molar-refractivity contribution in [3.8, 4) is 0 Å². The normalized spacial score (nSPS) is 28.7. The van der Waals surface area contributed by atoms with E-state index in [-0.39, 0.29) is 6.03 Å². The molecule has 2 bridgehead atoms. The minimum atomic E-state index is -0.0929. The van der Waals surface area contributed by atoms with E-state index in [1.54, 1.807) is 0 Å². The fourth-order valence-electron chi connectivity index (χ4n) is 5.41. The maximum absolute atomic E-state index is 12.3. The lowest BCUT2D eigenvalue weighted by Crippen LogP contribution is -2.40. The van der Waals surface area contributed by atoms with Gasteiger partial charge in [0.05, 0.1) is 17.8 Å². The first-order valence-electron chi connectivity index (χ1n) is 10.4. The Morgan fingerprint density at radius 2 is 1.81 bits per heavy atom. The third-order valence-electron chi connectivity index (χ3n) is 6.97. The van der Waals surface area contributed by atoms with Gasteiger partial charge in [0.15, 0.2) is 0 Å². The van der Waals surface area contributed by atoms with Gasteiger partial charge in [-0.3, -0.25) is 4.68 Å². The van der Waals surface area contributed by atoms with E-state index in [9.17, 15) is 4.79 Å². The number of rotatable bonds is 3. The molecule has 2 N–H and O–H groups in total. The molecule has 1 aromatic heterocycles. The summed E-state index contributed by atoms with van der Waals surface area (Å²) < 4.78 is 2.20. The number of hydrogen-bond acceptors (Lipinski definition) is 3. The Morgan fingerprint density at radius 3 is 2.56 bits per heavy atom. The molecule has 3 heterocycles. The largest absolute Gasteiger partial charge is 0.335 e. The maximum atomic E-state index is 12.3. The Bertz CT molecular complexity index is 826. The summed E-state index contributed by atoms with van der Waals surface area (Å²) in [6.45, 7) is 0. The van der Waals surface area contributed by atoms with Crippen molar-refractivity contribution >= 4 is 22.6 Å². The van der Waals surface area contributed by atoms with E-state index < -0.39 is 0 Å². The fraction of sp³-hybridized carbons (Fsp3) is 0.619. The zero-order valence-corrected chi connectivity index (χ0v) is 16.0. The Balaban J connectivity index is 1.34. The van der Waals surface area contributed by atoms with Gasteiger partial charge in [0.25, 0.3) is 0 Å². The number of amides is 2. The van der Waals surface area contributed by atoms with Crippen LogP contribution in [-0.2, 0) is 0 Å². The standard InChI is InChI=1S/C21H29N5O/c1-25-17-8-9-18(25)12-19(11-17)26-20-10-16(7-6-14(20)13-22-26)24-21(27)23-15-4-2-3-5-15/h6-7,10,13,15,17-19H,2-5,8-9,11-12H2,1H3,(H2,23,24,27). The number of aromatic nitrogens is 2. The van der Waals surface area contributed by atoms with E-state index in [0.717, 1.165) is 29.4 Å². The molecule has 1 aliphatic carbocycles. The highest BCUT2D eigenvalue weighted by molar-refractivity contribution is 5.92. The van der Waals surface area contributed by atoms with Crippen molar-refractivity contribution in [3.05, 3.63) is 24.4 Å². The summed E-state index contributed by atoms with van der Waals surface area (Å²) in [7, 11) is 2.27. The molecule has 144 valence electrons. The van der Waals surface area contributed by atoms with Crippen LogP contribution in [0.5, 0.6) is 0 Å². The monoisotopic (exact) mass is 367 g/mol.